The van der Waals surface area contributed by atoms with Gasteiger partial charge in [0.2, 0.25) is 0 Å². The van der Waals surface area contributed by atoms with Crippen LogP contribution in [0.3, 0.4) is 0 Å². The largest absolute Gasteiger partial charge is 1.00 e. The molecule has 0 saturated carbocycles. The summed E-state index contributed by atoms with van der Waals surface area (Å²) in [4.78, 5) is 2.53. The number of para-hydroxylation sites is 1. The molecule has 0 bridgehead atoms. The summed E-state index contributed by atoms with van der Waals surface area (Å²) in [5.41, 5.74) is 6.31. The standard InChI is InChI=1S/C24H22N3.HI/c1-4-14-25(15-5-1)20-11-12-23-19(16-20)8-10-21-17-26-22-7-3-2-6-18(22)9-13-24(26)27(21)23;/h2-3,6-13,16-17H,1,4-5,14-15H2;1H/q+1;/p-1. The van der Waals surface area contributed by atoms with E-state index in [2.05, 4.69) is 86.6 Å². The van der Waals surface area contributed by atoms with Crippen LogP contribution >= 0.6 is 0 Å². The molecule has 3 nitrogen and oxygen atoms in total. The van der Waals surface area contributed by atoms with Gasteiger partial charge in [-0.2, -0.15) is 8.80 Å². The highest BCUT2D eigenvalue weighted by Gasteiger charge is 2.18. The van der Waals surface area contributed by atoms with Gasteiger partial charge in [-0.25, -0.2) is 0 Å². The fraction of sp³-hybridized carbons (Fsp3) is 0.208. The Hall–Kier alpha value is -2.34. The van der Waals surface area contributed by atoms with Gasteiger partial charge in [0, 0.05) is 35.6 Å². The third-order valence-electron chi connectivity index (χ3n) is 6.01. The Balaban J connectivity index is 0.00000171. The maximum absolute atomic E-state index is 2.53. The van der Waals surface area contributed by atoms with Crippen LogP contribution in [0.5, 0.6) is 0 Å². The van der Waals surface area contributed by atoms with E-state index in [1.54, 1.807) is 0 Å². The summed E-state index contributed by atoms with van der Waals surface area (Å²) < 4.78 is 4.68. The highest BCUT2D eigenvalue weighted by molar-refractivity contribution is 5.88. The van der Waals surface area contributed by atoms with Crippen molar-refractivity contribution in [1.82, 2.24) is 4.40 Å². The Bertz CT molecular complexity index is 1320. The Morgan fingerprint density at radius 3 is 2.46 bits per heavy atom. The molecule has 5 aromatic rings. The highest BCUT2D eigenvalue weighted by atomic mass is 127. The van der Waals surface area contributed by atoms with E-state index >= 15 is 0 Å². The number of piperidine rings is 1. The van der Waals surface area contributed by atoms with Gasteiger partial charge in [-0.15, -0.1) is 0 Å². The topological polar surface area (TPSA) is 11.8 Å². The fourth-order valence-corrected chi connectivity index (χ4v) is 4.64. The van der Waals surface area contributed by atoms with Crippen LogP contribution in [-0.4, -0.2) is 17.5 Å². The zero-order valence-corrected chi connectivity index (χ0v) is 17.8. The highest BCUT2D eigenvalue weighted by Crippen LogP contribution is 2.27. The first-order valence-electron chi connectivity index (χ1n) is 9.91. The Kier molecular flexibility index (Phi) is 4.38. The molecule has 4 heteroatoms. The second-order valence-electron chi connectivity index (χ2n) is 7.63. The van der Waals surface area contributed by atoms with Crippen LogP contribution in [0.1, 0.15) is 19.3 Å². The second-order valence-corrected chi connectivity index (χ2v) is 7.63. The zero-order valence-electron chi connectivity index (χ0n) is 15.7. The van der Waals surface area contributed by atoms with Gasteiger partial charge < -0.3 is 28.9 Å². The monoisotopic (exact) mass is 479 g/mol. The average molecular weight is 479 g/mol. The van der Waals surface area contributed by atoms with Crippen molar-refractivity contribution in [2.75, 3.05) is 18.0 Å². The SMILES string of the molecule is [I-].c1ccc2c(c1)ccc1n3c(ccc4cc(N5CCCCC5)ccc43)c[n+]21. The first-order valence-corrected chi connectivity index (χ1v) is 9.91. The molecule has 0 N–H and O–H groups in total. The molecule has 0 atom stereocenters. The molecule has 0 amide bonds. The van der Waals surface area contributed by atoms with Gasteiger partial charge in [-0.1, -0.05) is 18.2 Å². The van der Waals surface area contributed by atoms with Gasteiger partial charge >= 0.3 is 0 Å². The van der Waals surface area contributed by atoms with Crippen molar-refractivity contribution in [2.24, 2.45) is 0 Å². The molecular formula is C24H22IN3. The molecule has 0 aliphatic carbocycles. The molecule has 140 valence electrons. The average Bonchev–Trinajstić information content (AvgIpc) is 3.13. The van der Waals surface area contributed by atoms with Crippen molar-refractivity contribution in [3.05, 3.63) is 72.9 Å². The van der Waals surface area contributed by atoms with Crippen LogP contribution in [0, 0.1) is 0 Å². The molecule has 1 saturated heterocycles. The van der Waals surface area contributed by atoms with Crippen LogP contribution in [0.2, 0.25) is 0 Å². The van der Waals surface area contributed by atoms with E-state index in [4.69, 9.17) is 0 Å². The predicted molar refractivity (Wildman–Crippen MR) is 112 cm³/mol. The number of pyridine rings is 2. The number of aromatic nitrogens is 2. The van der Waals surface area contributed by atoms with Crippen LogP contribution in [0.25, 0.3) is 33.0 Å². The number of hydrogen-bond acceptors (Lipinski definition) is 1. The van der Waals surface area contributed by atoms with Crippen LogP contribution in [0.4, 0.5) is 5.69 Å². The number of halogens is 1. The van der Waals surface area contributed by atoms with Crippen LogP contribution in [0.15, 0.2) is 72.9 Å². The first-order chi connectivity index (χ1) is 13.4. The van der Waals surface area contributed by atoms with Gasteiger partial charge in [-0.05, 0) is 61.7 Å². The molecular weight excluding hydrogens is 457 g/mol. The van der Waals surface area contributed by atoms with Crippen LogP contribution in [-0.2, 0) is 0 Å². The van der Waals surface area contributed by atoms with Crippen molar-refractivity contribution < 1.29 is 28.4 Å². The lowest BCUT2D eigenvalue weighted by Gasteiger charge is -2.28. The molecule has 1 aliphatic heterocycles. The minimum atomic E-state index is 0. The number of anilines is 1. The van der Waals surface area contributed by atoms with Gasteiger partial charge in [0.25, 0.3) is 5.65 Å². The van der Waals surface area contributed by atoms with Gasteiger partial charge in [0.05, 0.1) is 0 Å². The second kappa shape index (κ2) is 6.92. The molecule has 0 spiro atoms. The number of benzene rings is 2. The van der Waals surface area contributed by atoms with E-state index in [1.165, 1.54) is 71.0 Å². The summed E-state index contributed by atoms with van der Waals surface area (Å²) in [5, 5.41) is 2.57. The molecule has 28 heavy (non-hydrogen) atoms. The minimum absolute atomic E-state index is 0. The van der Waals surface area contributed by atoms with Crippen molar-refractivity contribution in [3.63, 3.8) is 0 Å². The molecule has 1 aliphatic rings. The molecule has 1 fully saturated rings. The number of hydrogen-bond donors (Lipinski definition) is 0. The Labute approximate surface area is 181 Å². The molecule has 0 radical (unpaired) electrons. The van der Waals surface area contributed by atoms with E-state index in [0.717, 1.165) is 0 Å². The smallest absolute Gasteiger partial charge is 0.292 e. The fourth-order valence-electron chi connectivity index (χ4n) is 4.64. The number of nitrogens with zero attached hydrogens (tertiary/aromatic N) is 3. The van der Waals surface area contributed by atoms with Crippen molar-refractivity contribution in [2.45, 2.75) is 19.3 Å². The number of rotatable bonds is 1. The first kappa shape index (κ1) is 17.7. The van der Waals surface area contributed by atoms with E-state index in [-0.39, 0.29) is 24.0 Å². The molecule has 6 rings (SSSR count). The quantitative estimate of drug-likeness (QED) is 0.265. The van der Waals surface area contributed by atoms with Gasteiger partial charge in [-0.3, -0.25) is 0 Å². The van der Waals surface area contributed by atoms with E-state index < -0.39 is 0 Å². The van der Waals surface area contributed by atoms with Gasteiger partial charge in [0.15, 0.2) is 5.52 Å². The number of imidazole rings is 1. The zero-order chi connectivity index (χ0) is 17.8. The minimum Gasteiger partial charge on any atom is -1.00 e. The van der Waals surface area contributed by atoms with Crippen molar-refractivity contribution in [3.8, 4) is 0 Å². The number of fused-ring (bicyclic) bond motifs is 7. The van der Waals surface area contributed by atoms with E-state index in [9.17, 15) is 0 Å². The summed E-state index contributed by atoms with van der Waals surface area (Å²) in [6.07, 6.45) is 6.23. The molecule has 4 heterocycles. The summed E-state index contributed by atoms with van der Waals surface area (Å²) in [7, 11) is 0. The van der Waals surface area contributed by atoms with Crippen molar-refractivity contribution >= 4 is 38.7 Å². The predicted octanol–water partition coefficient (Wildman–Crippen LogP) is 1.98. The van der Waals surface area contributed by atoms with Gasteiger partial charge in [0.1, 0.15) is 17.2 Å². The maximum Gasteiger partial charge on any atom is 0.292 e. The van der Waals surface area contributed by atoms with Crippen LogP contribution < -0.4 is 33.3 Å². The molecule has 3 aromatic heterocycles. The lowest BCUT2D eigenvalue weighted by atomic mass is 10.1. The Morgan fingerprint density at radius 1 is 0.750 bits per heavy atom. The lowest BCUT2D eigenvalue weighted by molar-refractivity contribution is -0.479. The maximum atomic E-state index is 2.53. The third kappa shape index (κ3) is 2.65. The normalized spacial score (nSPS) is 14.8. The molecule has 0 unspecified atom stereocenters. The molecule has 2 aromatic carbocycles. The summed E-state index contributed by atoms with van der Waals surface area (Å²) in [6.45, 7) is 2.37. The van der Waals surface area contributed by atoms with E-state index in [0.29, 0.717) is 0 Å². The van der Waals surface area contributed by atoms with Crippen molar-refractivity contribution in [1.29, 1.82) is 0 Å². The summed E-state index contributed by atoms with van der Waals surface area (Å²) in [6, 6.07) is 24.5. The lowest BCUT2D eigenvalue weighted by Crippen LogP contribution is -3.00. The summed E-state index contributed by atoms with van der Waals surface area (Å²) in [5.74, 6) is 0. The summed E-state index contributed by atoms with van der Waals surface area (Å²) >= 11 is 0. The Morgan fingerprint density at radius 2 is 1.57 bits per heavy atom. The third-order valence-corrected chi connectivity index (χ3v) is 6.01. The van der Waals surface area contributed by atoms with E-state index in [1.807, 2.05) is 0 Å².